The molecule has 1 aliphatic rings. The molecule has 4 atom stereocenters. The number of rotatable bonds is 0. The van der Waals surface area contributed by atoms with E-state index < -0.39 is 0 Å². The highest BCUT2D eigenvalue weighted by Crippen LogP contribution is 2.49. The molecule has 0 bridgehead atoms. The second-order valence-corrected chi connectivity index (χ2v) is 5.59. The highest BCUT2D eigenvalue weighted by molar-refractivity contribution is 4.91. The quantitative estimate of drug-likeness (QED) is 0.513. The zero-order valence-corrected chi connectivity index (χ0v) is 9.52. The molecule has 0 radical (unpaired) electrons. The van der Waals surface area contributed by atoms with Gasteiger partial charge in [0.05, 0.1) is 0 Å². The summed E-state index contributed by atoms with van der Waals surface area (Å²) in [7, 11) is 0. The molecule has 1 fully saturated rings. The monoisotopic (exact) mass is 168 g/mol. The average molecular weight is 168 g/mol. The van der Waals surface area contributed by atoms with Crippen molar-refractivity contribution < 1.29 is 0 Å². The smallest absolute Gasteiger partial charge is 0.0298 e. The molecule has 72 valence electrons. The first-order chi connectivity index (χ1) is 5.37. The van der Waals surface area contributed by atoms with Gasteiger partial charge in [-0.3, -0.25) is 0 Å². The normalized spacial score (nSPS) is 47.5. The Bertz CT molecular complexity index is 141. The Hall–Kier alpha value is 0. The van der Waals surface area contributed by atoms with Gasteiger partial charge in [0.25, 0.3) is 0 Å². The summed E-state index contributed by atoms with van der Waals surface area (Å²) >= 11 is 0. The van der Waals surface area contributed by atoms with Crippen LogP contribution in [-0.4, -0.2) is 0 Å². The van der Waals surface area contributed by atoms with E-state index in [1.165, 1.54) is 6.42 Å². The molecule has 1 aliphatic carbocycles. The van der Waals surface area contributed by atoms with E-state index >= 15 is 0 Å². The van der Waals surface area contributed by atoms with Crippen LogP contribution in [0, 0.1) is 29.1 Å². The van der Waals surface area contributed by atoms with Crippen LogP contribution in [0.2, 0.25) is 0 Å². The fourth-order valence-corrected chi connectivity index (χ4v) is 2.88. The lowest BCUT2D eigenvalue weighted by atomic mass is 9.56. The van der Waals surface area contributed by atoms with Crippen LogP contribution in [0.1, 0.15) is 48.0 Å². The molecule has 12 heavy (non-hydrogen) atoms. The van der Waals surface area contributed by atoms with Crippen LogP contribution in [-0.2, 0) is 0 Å². The summed E-state index contributed by atoms with van der Waals surface area (Å²) in [5.74, 6) is 3.57. The fraction of sp³-hybridized carbons (Fsp3) is 1.00. The molecule has 0 spiro atoms. The van der Waals surface area contributed by atoms with E-state index in [2.05, 4.69) is 41.5 Å². The van der Waals surface area contributed by atoms with E-state index in [4.69, 9.17) is 0 Å². The minimum atomic E-state index is 0.539. The largest absolute Gasteiger partial charge is 0.0622 e. The molecule has 0 saturated heterocycles. The molecular weight excluding hydrogens is 144 g/mol. The molecule has 0 aromatic rings. The molecule has 0 aromatic carbocycles. The highest BCUT2D eigenvalue weighted by atomic mass is 14.5. The fourth-order valence-electron chi connectivity index (χ4n) is 2.88. The third-order valence-electron chi connectivity index (χ3n) is 4.80. The summed E-state index contributed by atoms with van der Waals surface area (Å²) in [6.45, 7) is 14.5. The lowest BCUT2D eigenvalue weighted by Crippen LogP contribution is -2.42. The van der Waals surface area contributed by atoms with Gasteiger partial charge in [-0.05, 0) is 35.5 Å². The summed E-state index contributed by atoms with van der Waals surface area (Å²) < 4.78 is 0. The van der Waals surface area contributed by atoms with E-state index in [1.807, 2.05) is 0 Å². The van der Waals surface area contributed by atoms with Crippen LogP contribution in [0.4, 0.5) is 0 Å². The topological polar surface area (TPSA) is 0 Å². The van der Waals surface area contributed by atoms with E-state index in [-0.39, 0.29) is 0 Å². The second-order valence-electron chi connectivity index (χ2n) is 5.59. The molecule has 1 saturated carbocycles. The SMILES string of the molecule is CC1CC(C)C(C)C(C)(C)C1C. The number of hydrogen-bond acceptors (Lipinski definition) is 0. The molecule has 0 aliphatic heterocycles. The first-order valence-corrected chi connectivity index (χ1v) is 5.37. The Kier molecular flexibility index (Phi) is 2.56. The zero-order valence-electron chi connectivity index (χ0n) is 9.52. The minimum Gasteiger partial charge on any atom is -0.0622 e. The predicted octanol–water partition coefficient (Wildman–Crippen LogP) is 3.96. The molecule has 0 heterocycles. The van der Waals surface area contributed by atoms with Crippen LogP contribution in [0.3, 0.4) is 0 Å². The van der Waals surface area contributed by atoms with E-state index in [9.17, 15) is 0 Å². The van der Waals surface area contributed by atoms with Crippen molar-refractivity contribution >= 4 is 0 Å². The van der Waals surface area contributed by atoms with Crippen LogP contribution >= 0.6 is 0 Å². The van der Waals surface area contributed by atoms with E-state index in [0.717, 1.165) is 23.7 Å². The Labute approximate surface area is 77.7 Å². The van der Waals surface area contributed by atoms with Crippen molar-refractivity contribution in [2.45, 2.75) is 48.0 Å². The van der Waals surface area contributed by atoms with Gasteiger partial charge in [0.1, 0.15) is 0 Å². The van der Waals surface area contributed by atoms with Gasteiger partial charge in [0.2, 0.25) is 0 Å². The van der Waals surface area contributed by atoms with Crippen molar-refractivity contribution in [2.75, 3.05) is 0 Å². The molecule has 0 N–H and O–H groups in total. The Morgan fingerprint density at radius 2 is 1.17 bits per heavy atom. The van der Waals surface area contributed by atoms with E-state index in [1.54, 1.807) is 0 Å². The van der Waals surface area contributed by atoms with Crippen LogP contribution in [0.15, 0.2) is 0 Å². The lowest BCUT2D eigenvalue weighted by molar-refractivity contribution is 0.00131. The van der Waals surface area contributed by atoms with Gasteiger partial charge in [-0.15, -0.1) is 0 Å². The first-order valence-electron chi connectivity index (χ1n) is 5.37. The third-order valence-corrected chi connectivity index (χ3v) is 4.80. The summed E-state index contributed by atoms with van der Waals surface area (Å²) in [5.41, 5.74) is 0.539. The highest BCUT2D eigenvalue weighted by Gasteiger charge is 2.42. The van der Waals surface area contributed by atoms with Crippen LogP contribution < -0.4 is 0 Å². The van der Waals surface area contributed by atoms with Gasteiger partial charge in [-0.1, -0.05) is 41.5 Å². The van der Waals surface area contributed by atoms with Gasteiger partial charge in [0, 0.05) is 0 Å². The van der Waals surface area contributed by atoms with Crippen molar-refractivity contribution in [2.24, 2.45) is 29.1 Å². The predicted molar refractivity (Wildman–Crippen MR) is 55.1 cm³/mol. The van der Waals surface area contributed by atoms with Crippen LogP contribution in [0.5, 0.6) is 0 Å². The third kappa shape index (κ3) is 1.41. The van der Waals surface area contributed by atoms with Gasteiger partial charge >= 0.3 is 0 Å². The lowest BCUT2D eigenvalue weighted by Gasteiger charge is -2.49. The number of hydrogen-bond donors (Lipinski definition) is 0. The molecular formula is C12H24. The van der Waals surface area contributed by atoms with Crippen molar-refractivity contribution in [3.63, 3.8) is 0 Å². The molecule has 0 heteroatoms. The second kappa shape index (κ2) is 3.05. The van der Waals surface area contributed by atoms with Crippen molar-refractivity contribution in [3.05, 3.63) is 0 Å². The molecule has 0 aromatic heterocycles. The first kappa shape index (κ1) is 10.1. The molecule has 4 unspecified atom stereocenters. The standard InChI is InChI=1S/C12H24/c1-8-7-9(2)11(4)12(5,6)10(8)3/h8-11H,7H2,1-6H3. The Morgan fingerprint density at radius 3 is 1.50 bits per heavy atom. The maximum Gasteiger partial charge on any atom is -0.0298 e. The van der Waals surface area contributed by atoms with Gasteiger partial charge in [0.15, 0.2) is 0 Å². The average Bonchev–Trinajstić information content (AvgIpc) is 1.99. The van der Waals surface area contributed by atoms with Crippen molar-refractivity contribution in [1.29, 1.82) is 0 Å². The van der Waals surface area contributed by atoms with Crippen molar-refractivity contribution in [1.82, 2.24) is 0 Å². The zero-order chi connectivity index (χ0) is 9.52. The summed E-state index contributed by atoms with van der Waals surface area (Å²) in [4.78, 5) is 0. The molecule has 0 amide bonds. The van der Waals surface area contributed by atoms with Crippen LogP contribution in [0.25, 0.3) is 0 Å². The minimum absolute atomic E-state index is 0.539. The van der Waals surface area contributed by atoms with Crippen molar-refractivity contribution in [3.8, 4) is 0 Å². The Morgan fingerprint density at radius 1 is 0.833 bits per heavy atom. The van der Waals surface area contributed by atoms with Gasteiger partial charge < -0.3 is 0 Å². The van der Waals surface area contributed by atoms with Gasteiger partial charge in [-0.2, -0.15) is 0 Å². The summed E-state index contributed by atoms with van der Waals surface area (Å²) in [6, 6.07) is 0. The summed E-state index contributed by atoms with van der Waals surface area (Å²) in [5, 5.41) is 0. The Balaban J connectivity index is 2.82. The van der Waals surface area contributed by atoms with Gasteiger partial charge in [-0.25, -0.2) is 0 Å². The maximum atomic E-state index is 2.44. The molecule has 1 rings (SSSR count). The maximum absolute atomic E-state index is 2.44. The summed E-state index contributed by atoms with van der Waals surface area (Å²) in [6.07, 6.45) is 1.42. The molecule has 0 nitrogen and oxygen atoms in total. The van der Waals surface area contributed by atoms with E-state index in [0.29, 0.717) is 5.41 Å².